The molecule has 0 aromatic heterocycles. The Hall–Kier alpha value is -0.860. The fourth-order valence-corrected chi connectivity index (χ4v) is 3.41. The van der Waals surface area contributed by atoms with E-state index in [9.17, 15) is 5.11 Å². The molecule has 2 fully saturated rings. The maximum atomic E-state index is 10.8. The van der Waals surface area contributed by atoms with Crippen LogP contribution in [0.25, 0.3) is 0 Å². The van der Waals surface area contributed by atoms with Crippen LogP contribution in [0.4, 0.5) is 0 Å². The van der Waals surface area contributed by atoms with Crippen LogP contribution in [0.2, 0.25) is 0 Å². The van der Waals surface area contributed by atoms with E-state index in [4.69, 9.17) is 0 Å². The second-order valence-electron chi connectivity index (χ2n) is 6.03. The topological polar surface area (TPSA) is 23.5 Å². The summed E-state index contributed by atoms with van der Waals surface area (Å²) in [5, 5.41) is 10.8. The molecule has 1 N–H and O–H groups in total. The van der Waals surface area contributed by atoms with Crippen LogP contribution in [0, 0.1) is 5.92 Å². The summed E-state index contributed by atoms with van der Waals surface area (Å²) < 4.78 is 0. The van der Waals surface area contributed by atoms with Crippen molar-refractivity contribution in [1.82, 2.24) is 4.90 Å². The predicted octanol–water partition coefficient (Wildman–Crippen LogP) is 2.81. The fourth-order valence-electron chi connectivity index (χ4n) is 3.41. The van der Waals surface area contributed by atoms with Crippen LogP contribution in [0.15, 0.2) is 30.3 Å². The number of aliphatic hydroxyl groups is 1. The summed E-state index contributed by atoms with van der Waals surface area (Å²) in [4.78, 5) is 2.43. The zero-order chi connectivity index (χ0) is 12.4. The number of hydrogen-bond acceptors (Lipinski definition) is 2. The van der Waals surface area contributed by atoms with Gasteiger partial charge in [-0.15, -0.1) is 0 Å². The van der Waals surface area contributed by atoms with Gasteiger partial charge in [-0.05, 0) is 43.7 Å². The molecule has 1 heterocycles. The lowest BCUT2D eigenvalue weighted by atomic mass is 9.69. The Morgan fingerprint density at radius 1 is 1.17 bits per heavy atom. The van der Waals surface area contributed by atoms with Gasteiger partial charge >= 0.3 is 0 Å². The number of rotatable bonds is 3. The van der Waals surface area contributed by atoms with Gasteiger partial charge in [0, 0.05) is 13.1 Å². The van der Waals surface area contributed by atoms with Gasteiger partial charge in [0.15, 0.2) is 0 Å². The highest BCUT2D eigenvalue weighted by Gasteiger charge is 2.42. The highest BCUT2D eigenvalue weighted by molar-refractivity contribution is 5.14. The summed E-state index contributed by atoms with van der Waals surface area (Å²) in [6.07, 6.45) is 5.92. The average Bonchev–Trinajstić information content (AvgIpc) is 2.27. The molecule has 0 amide bonds. The molecule has 1 aliphatic carbocycles. The number of β-amino-alcohol motifs (C(OH)–C–C–N with tert-alkyl or cyclic N) is 1. The van der Waals surface area contributed by atoms with Crippen LogP contribution in [0.1, 0.15) is 37.7 Å². The molecule has 1 aromatic carbocycles. The lowest BCUT2D eigenvalue weighted by Gasteiger charge is -2.47. The molecule has 3 rings (SSSR count). The SMILES string of the molecule is OC1(C2CCC2)CCCN(Cc2ccccc2)C1. The van der Waals surface area contributed by atoms with Gasteiger partial charge in [-0.3, -0.25) is 4.90 Å². The molecule has 98 valence electrons. The van der Waals surface area contributed by atoms with Gasteiger partial charge in [0.25, 0.3) is 0 Å². The summed E-state index contributed by atoms with van der Waals surface area (Å²) >= 11 is 0. The molecule has 1 unspecified atom stereocenters. The maximum absolute atomic E-state index is 10.8. The van der Waals surface area contributed by atoms with Crippen molar-refractivity contribution in [3.8, 4) is 0 Å². The molecular formula is C16H23NO. The summed E-state index contributed by atoms with van der Waals surface area (Å²) in [5.74, 6) is 0.566. The van der Waals surface area contributed by atoms with E-state index in [1.807, 2.05) is 0 Å². The molecule has 0 bridgehead atoms. The lowest BCUT2D eigenvalue weighted by molar-refractivity contribution is -0.0991. The van der Waals surface area contributed by atoms with E-state index in [-0.39, 0.29) is 0 Å². The number of piperidine rings is 1. The highest BCUT2D eigenvalue weighted by Crippen LogP contribution is 2.41. The van der Waals surface area contributed by atoms with Crippen LogP contribution >= 0.6 is 0 Å². The summed E-state index contributed by atoms with van der Waals surface area (Å²) in [6.45, 7) is 2.98. The first-order chi connectivity index (χ1) is 8.76. The number of likely N-dealkylation sites (tertiary alicyclic amines) is 1. The largest absolute Gasteiger partial charge is 0.388 e. The van der Waals surface area contributed by atoms with Gasteiger partial charge in [0.05, 0.1) is 5.60 Å². The van der Waals surface area contributed by atoms with Crippen LogP contribution in [-0.2, 0) is 6.54 Å². The second-order valence-corrected chi connectivity index (χ2v) is 6.03. The average molecular weight is 245 g/mol. The molecule has 18 heavy (non-hydrogen) atoms. The Labute approximate surface area is 110 Å². The Morgan fingerprint density at radius 3 is 2.61 bits per heavy atom. The highest BCUT2D eigenvalue weighted by atomic mass is 16.3. The van der Waals surface area contributed by atoms with Gasteiger partial charge in [0.2, 0.25) is 0 Å². The van der Waals surface area contributed by atoms with Crippen molar-refractivity contribution >= 4 is 0 Å². The van der Waals surface area contributed by atoms with Crippen LogP contribution < -0.4 is 0 Å². The van der Waals surface area contributed by atoms with Crippen molar-refractivity contribution in [2.24, 2.45) is 5.92 Å². The molecule has 1 aliphatic heterocycles. The van der Waals surface area contributed by atoms with E-state index >= 15 is 0 Å². The third kappa shape index (κ3) is 2.45. The van der Waals surface area contributed by atoms with Gasteiger partial charge in [-0.2, -0.15) is 0 Å². The molecular weight excluding hydrogens is 222 g/mol. The minimum atomic E-state index is -0.398. The molecule has 1 aromatic rings. The zero-order valence-electron chi connectivity index (χ0n) is 11.0. The molecule has 1 atom stereocenters. The maximum Gasteiger partial charge on any atom is 0.0802 e. The number of nitrogens with zero attached hydrogens (tertiary/aromatic N) is 1. The van der Waals surface area contributed by atoms with Crippen molar-refractivity contribution < 1.29 is 5.11 Å². The van der Waals surface area contributed by atoms with Crippen LogP contribution in [-0.4, -0.2) is 28.7 Å². The molecule has 1 saturated carbocycles. The third-order valence-electron chi connectivity index (χ3n) is 4.70. The summed E-state index contributed by atoms with van der Waals surface area (Å²) in [5.41, 5.74) is 0.959. The first kappa shape index (κ1) is 12.2. The van der Waals surface area contributed by atoms with Crippen molar-refractivity contribution in [2.75, 3.05) is 13.1 Å². The van der Waals surface area contributed by atoms with Crippen LogP contribution in [0.5, 0.6) is 0 Å². The monoisotopic (exact) mass is 245 g/mol. The zero-order valence-corrected chi connectivity index (χ0v) is 11.0. The number of benzene rings is 1. The Morgan fingerprint density at radius 2 is 1.94 bits per heavy atom. The Kier molecular flexibility index (Phi) is 3.40. The predicted molar refractivity (Wildman–Crippen MR) is 73.2 cm³/mol. The Bertz CT molecular complexity index is 387. The minimum Gasteiger partial charge on any atom is -0.388 e. The van der Waals surface area contributed by atoms with Crippen molar-refractivity contribution in [3.63, 3.8) is 0 Å². The lowest BCUT2D eigenvalue weighted by Crippen LogP contribution is -2.53. The van der Waals surface area contributed by atoms with E-state index in [1.54, 1.807) is 0 Å². The minimum absolute atomic E-state index is 0.398. The van der Waals surface area contributed by atoms with Crippen molar-refractivity contribution in [3.05, 3.63) is 35.9 Å². The van der Waals surface area contributed by atoms with Crippen molar-refractivity contribution in [2.45, 2.75) is 44.2 Å². The van der Waals surface area contributed by atoms with E-state index < -0.39 is 5.60 Å². The Balaban J connectivity index is 1.63. The second kappa shape index (κ2) is 5.02. The molecule has 2 aliphatic rings. The van der Waals surface area contributed by atoms with Gasteiger partial charge in [-0.1, -0.05) is 36.8 Å². The van der Waals surface area contributed by atoms with Crippen LogP contribution in [0.3, 0.4) is 0 Å². The quantitative estimate of drug-likeness (QED) is 0.885. The van der Waals surface area contributed by atoms with E-state index in [0.717, 1.165) is 32.5 Å². The molecule has 0 radical (unpaired) electrons. The van der Waals surface area contributed by atoms with E-state index in [2.05, 4.69) is 35.2 Å². The first-order valence-electron chi connectivity index (χ1n) is 7.25. The van der Waals surface area contributed by atoms with E-state index in [1.165, 1.54) is 24.8 Å². The smallest absolute Gasteiger partial charge is 0.0802 e. The number of hydrogen-bond donors (Lipinski definition) is 1. The van der Waals surface area contributed by atoms with Gasteiger partial charge in [-0.25, -0.2) is 0 Å². The standard InChI is InChI=1S/C16H23NO/c18-16(15-8-4-9-15)10-5-11-17(13-16)12-14-6-2-1-3-7-14/h1-3,6-7,15,18H,4-5,8-13H2. The van der Waals surface area contributed by atoms with E-state index in [0.29, 0.717) is 5.92 Å². The first-order valence-corrected chi connectivity index (χ1v) is 7.25. The fraction of sp³-hybridized carbons (Fsp3) is 0.625. The van der Waals surface area contributed by atoms with Gasteiger partial charge < -0.3 is 5.11 Å². The van der Waals surface area contributed by atoms with Gasteiger partial charge in [0.1, 0.15) is 0 Å². The molecule has 1 saturated heterocycles. The molecule has 2 heteroatoms. The molecule has 0 spiro atoms. The summed E-state index contributed by atoms with van der Waals surface area (Å²) in [7, 11) is 0. The summed E-state index contributed by atoms with van der Waals surface area (Å²) in [6, 6.07) is 10.6. The third-order valence-corrected chi connectivity index (χ3v) is 4.70. The molecule has 2 nitrogen and oxygen atoms in total. The normalized spacial score (nSPS) is 30.1. The van der Waals surface area contributed by atoms with Crippen molar-refractivity contribution in [1.29, 1.82) is 0 Å².